The minimum atomic E-state index is -0.435. The van der Waals surface area contributed by atoms with Crippen molar-refractivity contribution in [2.75, 3.05) is 25.0 Å². The summed E-state index contributed by atoms with van der Waals surface area (Å²) in [5, 5.41) is 3.42. The van der Waals surface area contributed by atoms with Crippen LogP contribution in [0.2, 0.25) is 0 Å². The van der Waals surface area contributed by atoms with E-state index in [2.05, 4.69) is 16.4 Å². The molecule has 2 rings (SSSR count). The molecule has 1 N–H and O–H groups in total. The fraction of sp³-hybridized carbons (Fsp3) is 0.647. The Hall–Kier alpha value is -1.78. The van der Waals surface area contributed by atoms with Crippen molar-refractivity contribution in [3.8, 4) is 0 Å². The Bertz CT molecular complexity index is 511. The zero-order valence-electron chi connectivity index (χ0n) is 14.1. The molecule has 0 aliphatic carbocycles. The van der Waals surface area contributed by atoms with E-state index in [9.17, 15) is 4.79 Å². The number of hydrogen-bond acceptors (Lipinski definition) is 4. The van der Waals surface area contributed by atoms with Gasteiger partial charge in [0, 0.05) is 32.0 Å². The first-order valence-electron chi connectivity index (χ1n) is 7.97. The lowest BCUT2D eigenvalue weighted by Crippen LogP contribution is -2.44. The predicted octanol–water partition coefficient (Wildman–Crippen LogP) is 3.45. The number of carbonyl (C=O) groups excluding carboxylic acids is 1. The summed E-state index contributed by atoms with van der Waals surface area (Å²) in [6.45, 7) is 10.1. The highest BCUT2D eigenvalue weighted by Crippen LogP contribution is 2.20. The summed E-state index contributed by atoms with van der Waals surface area (Å²) in [5.74, 6) is 0.446. The van der Waals surface area contributed by atoms with Gasteiger partial charge >= 0.3 is 6.09 Å². The molecule has 1 aliphatic heterocycles. The van der Waals surface area contributed by atoms with Crippen LogP contribution >= 0.6 is 0 Å². The summed E-state index contributed by atoms with van der Waals surface area (Å²) in [5.41, 5.74) is 1.74. The van der Waals surface area contributed by atoms with Crippen molar-refractivity contribution in [3.63, 3.8) is 0 Å². The van der Waals surface area contributed by atoms with Gasteiger partial charge in [0.1, 0.15) is 5.60 Å². The van der Waals surface area contributed by atoms with Crippen molar-refractivity contribution in [3.05, 3.63) is 24.0 Å². The Morgan fingerprint density at radius 2 is 2.23 bits per heavy atom. The highest BCUT2D eigenvalue weighted by molar-refractivity contribution is 5.68. The number of nitrogens with zero attached hydrogens (tertiary/aromatic N) is 2. The van der Waals surface area contributed by atoms with E-state index in [4.69, 9.17) is 4.74 Å². The van der Waals surface area contributed by atoms with Gasteiger partial charge in [-0.2, -0.15) is 0 Å². The van der Waals surface area contributed by atoms with Crippen LogP contribution in [0.15, 0.2) is 18.5 Å². The fourth-order valence-electron chi connectivity index (χ4n) is 2.64. The summed E-state index contributed by atoms with van der Waals surface area (Å²) in [4.78, 5) is 18.2. The number of rotatable bonds is 3. The van der Waals surface area contributed by atoms with E-state index < -0.39 is 5.60 Å². The molecular weight excluding hydrogens is 278 g/mol. The number of pyridine rings is 1. The Kier molecular flexibility index (Phi) is 5.27. The molecule has 1 aliphatic rings. The van der Waals surface area contributed by atoms with Gasteiger partial charge in [-0.25, -0.2) is 4.79 Å². The highest BCUT2D eigenvalue weighted by Gasteiger charge is 2.27. The zero-order valence-corrected chi connectivity index (χ0v) is 14.1. The number of piperidine rings is 1. The normalized spacial score (nSPS) is 18.9. The molecule has 0 saturated carbocycles. The summed E-state index contributed by atoms with van der Waals surface area (Å²) in [6, 6.07) is 2.08. The number of amides is 1. The highest BCUT2D eigenvalue weighted by atomic mass is 16.6. The maximum Gasteiger partial charge on any atom is 0.410 e. The number of aryl methyl sites for hydroxylation is 1. The van der Waals surface area contributed by atoms with E-state index in [1.165, 1.54) is 0 Å². The third-order valence-corrected chi connectivity index (χ3v) is 3.64. The van der Waals surface area contributed by atoms with Gasteiger partial charge in [-0.05, 0) is 58.1 Å². The van der Waals surface area contributed by atoms with Crippen molar-refractivity contribution in [1.29, 1.82) is 0 Å². The van der Waals surface area contributed by atoms with E-state index in [1.54, 1.807) is 0 Å². The van der Waals surface area contributed by atoms with E-state index >= 15 is 0 Å². The van der Waals surface area contributed by atoms with Crippen molar-refractivity contribution in [2.45, 2.75) is 46.1 Å². The zero-order chi connectivity index (χ0) is 16.2. The summed E-state index contributed by atoms with van der Waals surface area (Å²) in [7, 11) is 0. The lowest BCUT2D eigenvalue weighted by molar-refractivity contribution is 0.0172. The minimum Gasteiger partial charge on any atom is -0.444 e. The largest absolute Gasteiger partial charge is 0.444 e. The summed E-state index contributed by atoms with van der Waals surface area (Å²) in [6.07, 6.45) is 5.63. The van der Waals surface area contributed by atoms with Gasteiger partial charge in [-0.3, -0.25) is 4.98 Å². The lowest BCUT2D eigenvalue weighted by atomic mass is 9.98. The van der Waals surface area contributed by atoms with Gasteiger partial charge in [0.15, 0.2) is 0 Å². The Morgan fingerprint density at radius 3 is 2.91 bits per heavy atom. The van der Waals surface area contributed by atoms with E-state index in [0.29, 0.717) is 5.92 Å². The van der Waals surface area contributed by atoms with Crippen LogP contribution < -0.4 is 5.32 Å². The Labute approximate surface area is 133 Å². The molecule has 122 valence electrons. The quantitative estimate of drug-likeness (QED) is 0.929. The van der Waals surface area contributed by atoms with Crippen LogP contribution in [0.3, 0.4) is 0 Å². The van der Waals surface area contributed by atoms with Gasteiger partial charge in [-0.1, -0.05) is 0 Å². The van der Waals surface area contributed by atoms with E-state index in [1.807, 2.05) is 45.0 Å². The maximum atomic E-state index is 12.2. The molecule has 1 aromatic heterocycles. The van der Waals surface area contributed by atoms with Crippen molar-refractivity contribution in [2.24, 2.45) is 5.92 Å². The second-order valence-corrected chi connectivity index (χ2v) is 7.07. The number of carbonyl (C=O) groups is 1. The molecular formula is C17H27N3O2. The molecule has 0 spiro atoms. The first-order chi connectivity index (χ1) is 10.3. The van der Waals surface area contributed by atoms with Gasteiger partial charge in [0.2, 0.25) is 0 Å². The third kappa shape index (κ3) is 5.20. The van der Waals surface area contributed by atoms with Crippen LogP contribution in [0.5, 0.6) is 0 Å². The Morgan fingerprint density at radius 1 is 1.45 bits per heavy atom. The first-order valence-corrected chi connectivity index (χ1v) is 7.97. The molecule has 0 aromatic carbocycles. The molecule has 1 atom stereocenters. The summed E-state index contributed by atoms with van der Waals surface area (Å²) < 4.78 is 5.46. The summed E-state index contributed by atoms with van der Waals surface area (Å²) >= 11 is 0. The van der Waals surface area contributed by atoms with Crippen LogP contribution in [-0.4, -0.2) is 41.2 Å². The van der Waals surface area contributed by atoms with Crippen molar-refractivity contribution < 1.29 is 9.53 Å². The molecule has 5 heteroatoms. The second kappa shape index (κ2) is 6.99. The van der Waals surface area contributed by atoms with E-state index in [-0.39, 0.29) is 6.09 Å². The molecule has 0 bridgehead atoms. The topological polar surface area (TPSA) is 54.5 Å². The molecule has 22 heavy (non-hydrogen) atoms. The average Bonchev–Trinajstić information content (AvgIpc) is 2.44. The molecule has 1 fully saturated rings. The minimum absolute atomic E-state index is 0.200. The van der Waals surface area contributed by atoms with Crippen LogP contribution in [0.25, 0.3) is 0 Å². The van der Waals surface area contributed by atoms with Crippen LogP contribution in [0.4, 0.5) is 10.5 Å². The molecule has 1 amide bonds. The van der Waals surface area contributed by atoms with Crippen LogP contribution in [0.1, 0.15) is 39.2 Å². The first kappa shape index (κ1) is 16.6. The number of likely N-dealkylation sites (tertiary alicyclic amines) is 1. The Balaban J connectivity index is 1.84. The standard InChI is InChI=1S/C17H27N3O2/c1-13-8-15(11-18-9-13)19-10-14-6-5-7-20(12-14)16(21)22-17(2,3)4/h8-9,11,14,19H,5-7,10,12H2,1-4H3. The molecule has 2 heterocycles. The fourth-order valence-corrected chi connectivity index (χ4v) is 2.64. The number of aromatic nitrogens is 1. The molecule has 1 aromatic rings. The molecule has 1 saturated heterocycles. The van der Waals surface area contributed by atoms with Gasteiger partial charge in [0.05, 0.1) is 5.69 Å². The number of ether oxygens (including phenoxy) is 1. The smallest absolute Gasteiger partial charge is 0.410 e. The van der Waals surface area contributed by atoms with Crippen molar-refractivity contribution >= 4 is 11.8 Å². The molecule has 5 nitrogen and oxygen atoms in total. The van der Waals surface area contributed by atoms with Gasteiger partial charge in [-0.15, -0.1) is 0 Å². The SMILES string of the molecule is Cc1cncc(NCC2CCCN(C(=O)OC(C)(C)C)C2)c1. The third-order valence-electron chi connectivity index (χ3n) is 3.64. The monoisotopic (exact) mass is 305 g/mol. The molecule has 0 radical (unpaired) electrons. The van der Waals surface area contributed by atoms with Crippen LogP contribution in [-0.2, 0) is 4.74 Å². The second-order valence-electron chi connectivity index (χ2n) is 7.07. The van der Waals surface area contributed by atoms with Gasteiger partial charge < -0.3 is 15.0 Å². The van der Waals surface area contributed by atoms with Crippen LogP contribution in [0, 0.1) is 12.8 Å². The molecule has 1 unspecified atom stereocenters. The predicted molar refractivity (Wildman–Crippen MR) is 88.0 cm³/mol. The van der Waals surface area contributed by atoms with E-state index in [0.717, 1.165) is 43.7 Å². The number of nitrogens with one attached hydrogen (secondary N) is 1. The number of hydrogen-bond donors (Lipinski definition) is 1. The number of anilines is 1. The average molecular weight is 305 g/mol. The van der Waals surface area contributed by atoms with Crippen molar-refractivity contribution in [1.82, 2.24) is 9.88 Å². The lowest BCUT2D eigenvalue weighted by Gasteiger charge is -2.34. The van der Waals surface area contributed by atoms with Gasteiger partial charge in [0.25, 0.3) is 0 Å². The maximum absolute atomic E-state index is 12.2.